The van der Waals surface area contributed by atoms with Crippen LogP contribution in [0.1, 0.15) is 28.5 Å². The summed E-state index contributed by atoms with van der Waals surface area (Å²) in [4.78, 5) is 15.5. The molecule has 170 valence electrons. The van der Waals surface area contributed by atoms with Gasteiger partial charge in [0.1, 0.15) is 17.2 Å². The van der Waals surface area contributed by atoms with E-state index in [1.54, 1.807) is 31.4 Å². The Hall–Kier alpha value is -3.46. The summed E-state index contributed by atoms with van der Waals surface area (Å²) in [5, 5.41) is 2.19. The highest BCUT2D eigenvalue weighted by Gasteiger charge is 2.33. The first-order valence-corrected chi connectivity index (χ1v) is 9.79. The van der Waals surface area contributed by atoms with Crippen LogP contribution in [0.15, 0.2) is 54.7 Å². The standard InChI is InChI=1S/C15H17N3O2.C7H5ClF3N/c1-3-10-8-11(16)4-5-14(10)20-12-6-7-18-13(9-12)15(19)17-2;8-6-2-1-4(12)3-5(6)7(9,10)11/h4-9H,3,16H2,1-2H3,(H,17,19);1-3H,12H2. The molecular weight excluding hydrogens is 445 g/mol. The second-order valence-electron chi connectivity index (χ2n) is 6.52. The van der Waals surface area contributed by atoms with E-state index in [2.05, 4.69) is 10.3 Å². The topological polar surface area (TPSA) is 103 Å². The lowest BCUT2D eigenvalue weighted by Gasteiger charge is -2.11. The molecule has 32 heavy (non-hydrogen) atoms. The number of ether oxygens (including phenoxy) is 1. The Bertz CT molecular complexity index is 1090. The number of alkyl halides is 3. The molecule has 1 amide bonds. The average molecular weight is 467 g/mol. The van der Waals surface area contributed by atoms with Gasteiger partial charge in [0.15, 0.2) is 0 Å². The Morgan fingerprint density at radius 3 is 2.34 bits per heavy atom. The van der Waals surface area contributed by atoms with Crippen molar-refractivity contribution in [3.63, 3.8) is 0 Å². The highest BCUT2D eigenvalue weighted by Crippen LogP contribution is 2.35. The molecule has 6 nitrogen and oxygen atoms in total. The molecule has 0 fully saturated rings. The van der Waals surface area contributed by atoms with Crippen molar-refractivity contribution < 1.29 is 22.7 Å². The third-order valence-electron chi connectivity index (χ3n) is 4.18. The third kappa shape index (κ3) is 6.78. The Morgan fingerprint density at radius 2 is 1.75 bits per heavy atom. The lowest BCUT2D eigenvalue weighted by Crippen LogP contribution is -2.18. The first-order chi connectivity index (χ1) is 15.0. The highest BCUT2D eigenvalue weighted by atomic mass is 35.5. The van der Waals surface area contributed by atoms with E-state index >= 15 is 0 Å². The Morgan fingerprint density at radius 1 is 1.09 bits per heavy atom. The summed E-state index contributed by atoms with van der Waals surface area (Å²) in [7, 11) is 1.56. The maximum atomic E-state index is 12.1. The molecule has 0 bridgehead atoms. The van der Waals surface area contributed by atoms with Crippen LogP contribution in [0, 0.1) is 0 Å². The summed E-state index contributed by atoms with van der Waals surface area (Å²) < 4.78 is 42.1. The van der Waals surface area contributed by atoms with Crippen molar-refractivity contribution in [2.75, 3.05) is 18.5 Å². The number of hydrogen-bond donors (Lipinski definition) is 3. The number of amides is 1. The van der Waals surface area contributed by atoms with Crippen molar-refractivity contribution in [1.29, 1.82) is 0 Å². The van der Waals surface area contributed by atoms with Crippen LogP contribution in [0.4, 0.5) is 24.5 Å². The van der Waals surface area contributed by atoms with E-state index in [0.717, 1.165) is 29.9 Å². The largest absolute Gasteiger partial charge is 0.457 e. The highest BCUT2D eigenvalue weighted by molar-refractivity contribution is 6.31. The van der Waals surface area contributed by atoms with Crippen LogP contribution in [0.3, 0.4) is 0 Å². The smallest absolute Gasteiger partial charge is 0.417 e. The molecule has 1 aromatic heterocycles. The van der Waals surface area contributed by atoms with Gasteiger partial charge in [-0.2, -0.15) is 13.2 Å². The van der Waals surface area contributed by atoms with Crippen LogP contribution in [-0.2, 0) is 12.6 Å². The fourth-order valence-electron chi connectivity index (χ4n) is 2.59. The van der Waals surface area contributed by atoms with Crippen molar-refractivity contribution in [3.8, 4) is 11.5 Å². The number of halogens is 4. The van der Waals surface area contributed by atoms with E-state index in [1.165, 1.54) is 6.07 Å². The van der Waals surface area contributed by atoms with Crippen LogP contribution in [0.25, 0.3) is 0 Å². The van der Waals surface area contributed by atoms with E-state index in [9.17, 15) is 18.0 Å². The Balaban J connectivity index is 0.000000258. The summed E-state index contributed by atoms with van der Waals surface area (Å²) in [5.41, 5.74) is 12.1. The molecule has 0 spiro atoms. The number of carbonyl (C=O) groups excluding carboxylic acids is 1. The van der Waals surface area contributed by atoms with Gasteiger partial charge in [0, 0.05) is 30.7 Å². The number of hydrogen-bond acceptors (Lipinski definition) is 5. The number of anilines is 2. The lowest BCUT2D eigenvalue weighted by atomic mass is 10.1. The summed E-state index contributed by atoms with van der Waals surface area (Å²) in [5.74, 6) is 1.05. The molecule has 1 heterocycles. The molecule has 0 aliphatic carbocycles. The molecule has 10 heteroatoms. The zero-order valence-electron chi connectivity index (χ0n) is 17.3. The minimum absolute atomic E-state index is 0.0479. The van der Waals surface area contributed by atoms with Gasteiger partial charge in [0.25, 0.3) is 5.91 Å². The molecular formula is C22H22ClF3N4O2. The number of nitrogen functional groups attached to an aromatic ring is 2. The molecule has 3 aromatic rings. The summed E-state index contributed by atoms with van der Waals surface area (Å²) in [6.07, 6.45) is -2.08. The molecule has 2 aromatic carbocycles. The number of nitrogens with zero attached hydrogens (tertiary/aromatic N) is 1. The van der Waals surface area contributed by atoms with Crippen molar-refractivity contribution >= 4 is 28.9 Å². The van der Waals surface area contributed by atoms with Gasteiger partial charge in [-0.15, -0.1) is 0 Å². The maximum Gasteiger partial charge on any atom is 0.417 e. The van der Waals surface area contributed by atoms with Gasteiger partial charge in [-0.25, -0.2) is 0 Å². The zero-order valence-corrected chi connectivity index (χ0v) is 18.1. The molecule has 0 saturated carbocycles. The van der Waals surface area contributed by atoms with Crippen LogP contribution in [0.5, 0.6) is 11.5 Å². The number of aromatic nitrogens is 1. The summed E-state index contributed by atoms with van der Waals surface area (Å²) >= 11 is 5.31. The van der Waals surface area contributed by atoms with Crippen molar-refractivity contribution in [3.05, 3.63) is 76.6 Å². The first kappa shape index (κ1) is 24.8. The normalized spacial score (nSPS) is 10.7. The van der Waals surface area contributed by atoms with Gasteiger partial charge >= 0.3 is 6.18 Å². The molecule has 0 saturated heterocycles. The van der Waals surface area contributed by atoms with Crippen molar-refractivity contribution in [2.24, 2.45) is 0 Å². The number of carbonyl (C=O) groups is 1. The van der Waals surface area contributed by atoms with Gasteiger partial charge < -0.3 is 21.5 Å². The number of nitrogens with two attached hydrogens (primary N) is 2. The molecule has 0 aliphatic heterocycles. The average Bonchev–Trinajstić information content (AvgIpc) is 2.76. The predicted molar refractivity (Wildman–Crippen MR) is 119 cm³/mol. The van der Waals surface area contributed by atoms with Gasteiger partial charge in [0.05, 0.1) is 10.6 Å². The SMILES string of the molecule is CCc1cc(N)ccc1Oc1ccnc(C(=O)NC)c1.Nc1ccc(Cl)c(C(F)(F)F)c1. The maximum absolute atomic E-state index is 12.1. The van der Waals surface area contributed by atoms with Crippen LogP contribution >= 0.6 is 11.6 Å². The van der Waals surface area contributed by atoms with Gasteiger partial charge in [0.2, 0.25) is 0 Å². The number of aryl methyl sites for hydroxylation is 1. The van der Waals surface area contributed by atoms with Crippen LogP contribution in [-0.4, -0.2) is 17.9 Å². The minimum Gasteiger partial charge on any atom is -0.457 e. The summed E-state index contributed by atoms with van der Waals surface area (Å²) in [6.45, 7) is 2.03. The molecule has 5 N–H and O–H groups in total. The number of rotatable bonds is 4. The number of pyridine rings is 1. The van der Waals surface area contributed by atoms with Crippen LogP contribution < -0.4 is 21.5 Å². The van der Waals surface area contributed by atoms with E-state index in [-0.39, 0.29) is 16.6 Å². The monoisotopic (exact) mass is 466 g/mol. The summed E-state index contributed by atoms with van der Waals surface area (Å²) in [6, 6.07) is 12.1. The molecule has 0 atom stereocenters. The quantitative estimate of drug-likeness (QED) is 0.451. The third-order valence-corrected chi connectivity index (χ3v) is 4.51. The van der Waals surface area contributed by atoms with E-state index < -0.39 is 11.7 Å². The predicted octanol–water partition coefficient (Wildman–Crippen LogP) is 5.32. The van der Waals surface area contributed by atoms with E-state index in [1.807, 2.05) is 19.1 Å². The first-order valence-electron chi connectivity index (χ1n) is 9.41. The molecule has 3 rings (SSSR count). The van der Waals surface area contributed by atoms with E-state index in [0.29, 0.717) is 17.1 Å². The van der Waals surface area contributed by atoms with Crippen LogP contribution in [0.2, 0.25) is 5.02 Å². The second kappa shape index (κ2) is 10.7. The molecule has 0 unspecified atom stereocenters. The Labute approximate surface area is 188 Å². The van der Waals surface area contributed by atoms with Crippen molar-refractivity contribution in [1.82, 2.24) is 10.3 Å². The second-order valence-corrected chi connectivity index (χ2v) is 6.92. The lowest BCUT2D eigenvalue weighted by molar-refractivity contribution is -0.137. The van der Waals surface area contributed by atoms with Gasteiger partial charge in [-0.05, 0) is 54.4 Å². The molecule has 0 radical (unpaired) electrons. The number of nitrogens with one attached hydrogen (secondary N) is 1. The molecule has 0 aliphatic rings. The zero-order chi connectivity index (χ0) is 23.9. The fourth-order valence-corrected chi connectivity index (χ4v) is 2.81. The van der Waals surface area contributed by atoms with Gasteiger partial charge in [-0.1, -0.05) is 18.5 Å². The Kier molecular flexibility index (Phi) is 8.31. The van der Waals surface area contributed by atoms with Gasteiger partial charge in [-0.3, -0.25) is 9.78 Å². The minimum atomic E-state index is -4.44. The van der Waals surface area contributed by atoms with E-state index in [4.69, 9.17) is 27.8 Å². The fraction of sp³-hybridized carbons (Fsp3) is 0.182. The number of benzene rings is 2. The van der Waals surface area contributed by atoms with Crippen molar-refractivity contribution in [2.45, 2.75) is 19.5 Å².